The molecule has 6 nitrogen and oxygen atoms in total. The van der Waals surface area contributed by atoms with E-state index >= 15 is 0 Å². The van der Waals surface area contributed by atoms with Crippen molar-refractivity contribution in [1.29, 1.82) is 0 Å². The molecule has 0 aromatic heterocycles. The van der Waals surface area contributed by atoms with Crippen LogP contribution in [0.2, 0.25) is 5.02 Å². The standard InChI is InChI=1S/C18H23ClN2O4/c1-11(20-17(23)13-4-2-3-5-13)10-15(22)21-16(18(24)25)12-6-8-14(19)9-7-12/h6-9,11,13,16H,2-5,10H2,1H3,(H,20,23)(H,21,22)(H,24,25). The van der Waals surface area contributed by atoms with Gasteiger partial charge in [-0.3, -0.25) is 9.59 Å². The number of halogens is 1. The number of carbonyl (C=O) groups is 3. The summed E-state index contributed by atoms with van der Waals surface area (Å²) in [6, 6.07) is 4.77. The van der Waals surface area contributed by atoms with Crippen molar-refractivity contribution >= 4 is 29.4 Å². The highest BCUT2D eigenvalue weighted by molar-refractivity contribution is 6.30. The fourth-order valence-corrected chi connectivity index (χ4v) is 3.17. The highest BCUT2D eigenvalue weighted by Gasteiger charge is 2.26. The largest absolute Gasteiger partial charge is 0.479 e. The lowest BCUT2D eigenvalue weighted by Crippen LogP contribution is -2.41. The normalized spacial score (nSPS) is 16.9. The second-order valence-electron chi connectivity index (χ2n) is 6.49. The summed E-state index contributed by atoms with van der Waals surface area (Å²) in [5, 5.41) is 15.2. The summed E-state index contributed by atoms with van der Waals surface area (Å²) in [5.41, 5.74) is 0.438. The van der Waals surface area contributed by atoms with Gasteiger partial charge < -0.3 is 15.7 Å². The van der Waals surface area contributed by atoms with Crippen molar-refractivity contribution < 1.29 is 19.5 Å². The Hall–Kier alpha value is -2.08. The number of amides is 2. The first-order valence-electron chi connectivity index (χ1n) is 8.45. The van der Waals surface area contributed by atoms with Gasteiger partial charge in [0.25, 0.3) is 0 Å². The van der Waals surface area contributed by atoms with Crippen molar-refractivity contribution in [2.24, 2.45) is 5.92 Å². The third-order valence-corrected chi connectivity index (χ3v) is 4.61. The molecule has 2 atom stereocenters. The summed E-state index contributed by atoms with van der Waals surface area (Å²) in [5.74, 6) is -1.57. The highest BCUT2D eigenvalue weighted by Crippen LogP contribution is 2.24. The minimum atomic E-state index is -1.15. The third kappa shape index (κ3) is 5.74. The number of nitrogens with one attached hydrogen (secondary N) is 2. The molecular formula is C18H23ClN2O4. The van der Waals surface area contributed by atoms with Crippen LogP contribution in [0, 0.1) is 5.92 Å². The van der Waals surface area contributed by atoms with Crippen LogP contribution in [0.25, 0.3) is 0 Å². The molecule has 0 aliphatic heterocycles. The van der Waals surface area contributed by atoms with Gasteiger partial charge in [0.15, 0.2) is 6.04 Å². The SMILES string of the molecule is CC(CC(=O)NC(C(=O)O)c1ccc(Cl)cc1)NC(=O)C1CCCC1. The molecule has 2 amide bonds. The fourth-order valence-electron chi connectivity index (χ4n) is 3.04. The van der Waals surface area contributed by atoms with Crippen molar-refractivity contribution in [3.63, 3.8) is 0 Å². The van der Waals surface area contributed by atoms with Gasteiger partial charge in [-0.25, -0.2) is 4.79 Å². The molecule has 25 heavy (non-hydrogen) atoms. The number of carbonyl (C=O) groups excluding carboxylic acids is 2. The Labute approximate surface area is 151 Å². The third-order valence-electron chi connectivity index (χ3n) is 4.36. The number of hydrogen-bond donors (Lipinski definition) is 3. The number of aliphatic carboxylic acids is 1. The molecule has 1 aromatic carbocycles. The summed E-state index contributed by atoms with van der Waals surface area (Å²) < 4.78 is 0. The van der Waals surface area contributed by atoms with E-state index in [1.165, 1.54) is 0 Å². The Morgan fingerprint density at radius 1 is 1.16 bits per heavy atom. The highest BCUT2D eigenvalue weighted by atomic mass is 35.5. The summed E-state index contributed by atoms with van der Waals surface area (Å²) in [7, 11) is 0. The molecule has 0 radical (unpaired) electrons. The smallest absolute Gasteiger partial charge is 0.330 e. The summed E-state index contributed by atoms with van der Waals surface area (Å²) >= 11 is 5.80. The van der Waals surface area contributed by atoms with Gasteiger partial charge in [0, 0.05) is 23.4 Å². The molecule has 136 valence electrons. The van der Waals surface area contributed by atoms with Gasteiger partial charge in [-0.05, 0) is 37.5 Å². The van der Waals surface area contributed by atoms with Crippen LogP contribution in [-0.4, -0.2) is 28.9 Å². The molecular weight excluding hydrogens is 344 g/mol. The predicted molar refractivity (Wildman–Crippen MR) is 94.2 cm³/mol. The van der Waals surface area contributed by atoms with Gasteiger partial charge in [0.2, 0.25) is 11.8 Å². The minimum Gasteiger partial charge on any atom is -0.479 e. The van der Waals surface area contributed by atoms with E-state index in [-0.39, 0.29) is 24.3 Å². The Kier molecular flexibility index (Phi) is 6.82. The van der Waals surface area contributed by atoms with Crippen LogP contribution in [0.1, 0.15) is 50.6 Å². The van der Waals surface area contributed by atoms with Crippen LogP contribution in [0.3, 0.4) is 0 Å². The first-order valence-corrected chi connectivity index (χ1v) is 8.82. The maximum atomic E-state index is 12.2. The number of carboxylic acids is 1. The monoisotopic (exact) mass is 366 g/mol. The van der Waals surface area contributed by atoms with Gasteiger partial charge in [0.05, 0.1) is 0 Å². The lowest BCUT2D eigenvalue weighted by Gasteiger charge is -2.19. The van der Waals surface area contributed by atoms with E-state index in [4.69, 9.17) is 11.6 Å². The Bertz CT molecular complexity index is 626. The molecule has 1 aliphatic rings. The van der Waals surface area contributed by atoms with E-state index < -0.39 is 17.9 Å². The lowest BCUT2D eigenvalue weighted by molar-refractivity contribution is -0.142. The molecule has 0 bridgehead atoms. The van der Waals surface area contributed by atoms with Crippen molar-refractivity contribution in [1.82, 2.24) is 10.6 Å². The Balaban J connectivity index is 1.88. The first-order chi connectivity index (χ1) is 11.9. The van der Waals surface area contributed by atoms with Gasteiger partial charge >= 0.3 is 5.97 Å². The van der Waals surface area contributed by atoms with Crippen molar-refractivity contribution in [2.75, 3.05) is 0 Å². The van der Waals surface area contributed by atoms with Crippen molar-refractivity contribution in [3.05, 3.63) is 34.9 Å². The molecule has 1 fully saturated rings. The Morgan fingerprint density at radius 3 is 2.32 bits per heavy atom. The average Bonchev–Trinajstić information content (AvgIpc) is 3.07. The van der Waals surface area contributed by atoms with E-state index in [9.17, 15) is 19.5 Å². The van der Waals surface area contributed by atoms with E-state index in [0.717, 1.165) is 25.7 Å². The van der Waals surface area contributed by atoms with Gasteiger partial charge in [0.1, 0.15) is 0 Å². The molecule has 1 saturated carbocycles. The van der Waals surface area contributed by atoms with Crippen molar-refractivity contribution in [3.8, 4) is 0 Å². The van der Waals surface area contributed by atoms with E-state index in [1.807, 2.05) is 0 Å². The molecule has 0 spiro atoms. The number of rotatable bonds is 7. The lowest BCUT2D eigenvalue weighted by atomic mass is 10.1. The van der Waals surface area contributed by atoms with Gasteiger partial charge in [-0.15, -0.1) is 0 Å². The van der Waals surface area contributed by atoms with Crippen LogP contribution < -0.4 is 10.6 Å². The maximum Gasteiger partial charge on any atom is 0.330 e. The van der Waals surface area contributed by atoms with Gasteiger partial charge in [-0.2, -0.15) is 0 Å². The van der Waals surface area contributed by atoms with Gasteiger partial charge in [-0.1, -0.05) is 36.6 Å². The second-order valence-corrected chi connectivity index (χ2v) is 6.92. The quantitative estimate of drug-likeness (QED) is 0.691. The van der Waals surface area contributed by atoms with Crippen LogP contribution >= 0.6 is 11.6 Å². The molecule has 0 saturated heterocycles. The maximum absolute atomic E-state index is 12.2. The predicted octanol–water partition coefficient (Wildman–Crippen LogP) is 2.67. The van der Waals surface area contributed by atoms with Crippen LogP contribution in [-0.2, 0) is 14.4 Å². The van der Waals surface area contributed by atoms with E-state index in [0.29, 0.717) is 10.6 Å². The molecule has 2 rings (SSSR count). The number of hydrogen-bond acceptors (Lipinski definition) is 3. The Morgan fingerprint density at radius 2 is 1.76 bits per heavy atom. The molecule has 7 heteroatoms. The topological polar surface area (TPSA) is 95.5 Å². The van der Waals surface area contributed by atoms with Crippen LogP contribution in [0.4, 0.5) is 0 Å². The van der Waals surface area contributed by atoms with E-state index in [1.54, 1.807) is 31.2 Å². The van der Waals surface area contributed by atoms with Crippen LogP contribution in [0.5, 0.6) is 0 Å². The zero-order chi connectivity index (χ0) is 18.4. The molecule has 1 aromatic rings. The summed E-state index contributed by atoms with van der Waals surface area (Å²) in [6.45, 7) is 1.74. The summed E-state index contributed by atoms with van der Waals surface area (Å²) in [6.07, 6.45) is 3.93. The first kappa shape index (κ1) is 19.2. The molecule has 3 N–H and O–H groups in total. The summed E-state index contributed by atoms with van der Waals surface area (Å²) in [4.78, 5) is 35.7. The number of carboxylic acid groups (broad SMARTS) is 1. The average molecular weight is 367 g/mol. The zero-order valence-electron chi connectivity index (χ0n) is 14.1. The molecule has 0 heterocycles. The van der Waals surface area contributed by atoms with Crippen molar-refractivity contribution in [2.45, 2.75) is 51.1 Å². The fraction of sp³-hybridized carbons (Fsp3) is 0.500. The zero-order valence-corrected chi connectivity index (χ0v) is 14.9. The molecule has 1 aliphatic carbocycles. The second kappa shape index (κ2) is 8.85. The minimum absolute atomic E-state index is 0.0229. The number of benzene rings is 1. The van der Waals surface area contributed by atoms with Crippen LogP contribution in [0.15, 0.2) is 24.3 Å². The van der Waals surface area contributed by atoms with E-state index in [2.05, 4.69) is 10.6 Å². The molecule has 2 unspecified atom stereocenters.